The van der Waals surface area contributed by atoms with Gasteiger partial charge in [0.2, 0.25) is 0 Å². The Morgan fingerprint density at radius 3 is 0.832 bits per heavy atom. The number of nitrogens with zero attached hydrogens (tertiary/aromatic N) is 12. The molecular weight excluding hydrogens is 2030 g/mol. The first kappa shape index (κ1) is 104. The molecule has 0 saturated heterocycles. The highest BCUT2D eigenvalue weighted by Gasteiger charge is 2.30. The SMILES string of the molecule is N#Cc1ccc(Cc2cc(C(=O)C(=O)Nc3c(Cl)cncc3Cl)c3ccccn23)cc1.N#Cc1ccc(Cc2cc(C(=O)C(=O)Nc3ccncc3)c3ccccn23)cc1.O=C(Nc1c(Cl)cncc1Cl)C(=O)c1cc(Cc2ccc(F)cc2)n2ccccc12.O=C(Nc1c(Cl)cncc1Cl)C(O)=c1cc(Cc2ccc(F)cc2)n2ccc(=O)cc12.O=C(Nc1ccncc1)C(=O)c1cc(Cc2ccc(F)cc2)n2ccccc12. The molecule has 0 aliphatic heterocycles. The molecule has 15 aromatic heterocycles. The molecule has 0 radical (unpaired) electrons. The lowest BCUT2D eigenvalue weighted by Crippen LogP contribution is -2.23. The van der Waals surface area contributed by atoms with Crippen molar-refractivity contribution in [2.75, 3.05) is 26.6 Å². The summed E-state index contributed by atoms with van der Waals surface area (Å²) in [7, 11) is 0. The van der Waals surface area contributed by atoms with Gasteiger partial charge < -0.3 is 53.7 Å². The molecule has 37 heteroatoms. The zero-order valence-electron chi connectivity index (χ0n) is 77.3. The van der Waals surface area contributed by atoms with Crippen LogP contribution in [-0.4, -0.2) is 105 Å². The minimum absolute atomic E-state index is 0.106. The van der Waals surface area contributed by atoms with E-state index in [4.69, 9.17) is 80.1 Å². The van der Waals surface area contributed by atoms with E-state index in [-0.39, 0.29) is 86.4 Å². The van der Waals surface area contributed by atoms with Gasteiger partial charge >= 0.3 is 0 Å². The summed E-state index contributed by atoms with van der Waals surface area (Å²) in [6.45, 7) is 0. The highest BCUT2D eigenvalue weighted by Crippen LogP contribution is 2.35. The zero-order chi connectivity index (χ0) is 105. The molecule has 5 amide bonds. The number of aliphatic hydroxyl groups is 1. The van der Waals surface area contributed by atoms with Crippen LogP contribution < -0.4 is 37.2 Å². The van der Waals surface area contributed by atoms with Gasteiger partial charge in [-0.05, 0) is 192 Å². The number of carbonyl (C=O) groups excluding carboxylic acids is 9. The van der Waals surface area contributed by atoms with Gasteiger partial charge in [0.15, 0.2) is 11.2 Å². The lowest BCUT2D eigenvalue weighted by atomic mass is 10.1. The summed E-state index contributed by atoms with van der Waals surface area (Å²) < 4.78 is 48.7. The second kappa shape index (κ2) is 47.5. The molecule has 0 spiro atoms. The fraction of sp³-hybridized carbons (Fsp3) is 0.0446. The van der Waals surface area contributed by atoms with Crippen LogP contribution in [0.4, 0.5) is 41.6 Å². The number of aliphatic hydroxyl groups excluding tert-OH is 1. The van der Waals surface area contributed by atoms with E-state index < -0.39 is 58.4 Å². The van der Waals surface area contributed by atoms with Crippen LogP contribution in [0.1, 0.15) is 109 Å². The third-order valence-corrected chi connectivity index (χ3v) is 24.8. The Morgan fingerprint density at radius 2 is 0.550 bits per heavy atom. The van der Waals surface area contributed by atoms with E-state index in [1.807, 2.05) is 103 Å². The Balaban J connectivity index is 0.000000133. The number of rotatable bonds is 24. The Bertz CT molecular complexity index is 8730. The van der Waals surface area contributed by atoms with Crippen LogP contribution in [0.2, 0.25) is 30.1 Å². The van der Waals surface area contributed by atoms with Gasteiger partial charge in [0.05, 0.1) is 120 Å². The minimum Gasteiger partial charge on any atom is -0.503 e. The van der Waals surface area contributed by atoms with E-state index in [2.05, 4.69) is 63.6 Å². The molecule has 0 bridgehead atoms. The van der Waals surface area contributed by atoms with E-state index in [0.29, 0.717) is 99.0 Å². The van der Waals surface area contributed by atoms with Crippen LogP contribution in [0.3, 0.4) is 0 Å². The van der Waals surface area contributed by atoms with Crippen molar-refractivity contribution in [2.45, 2.75) is 32.1 Å². The number of nitrogens with one attached hydrogen (secondary N) is 5. The molecule has 0 atom stereocenters. The first-order valence-corrected chi connectivity index (χ1v) is 47.1. The number of anilines is 5. The standard InChI is InChI=1S/C23H14Cl2N4O2.C23H16N4O2.C22H14Cl2FN3O3.C22H14Cl2FN3O2.C22H16FN3O2/c24-18-12-27-13-19(25)21(18)28-23(31)22(30)17-10-16(29-8-2-1-3-20(17)29)9-14-4-6-15(11-26)7-5-14;24-15-17-6-4-16(5-7-17)13-19-14-20(21-3-1-2-12-27(19)21)22(28)23(29)26-18-8-10-25-11-9-18;23-17-10-26-11-18(24)20(17)27-22(31)21(30)16-8-14(7-12-1-3-13(25)4-2-12)28-6-5-15(29)9-19(16)28;23-17-11-26-12-18(24)20(17)27-22(30)21(29)16-10-15(28-8-2-1-3-19(16)28)9-13-4-6-14(25)7-5-13;23-16-6-4-15(5-7-16)13-18-14-19(20-3-1-2-12-26(18)20)21(27)22(28)25-17-8-10-24-11-9-17/h1-8,10,12-13H,9H2,(H,27,28,31);1-12,14H,13H2,(H,25,26,29);1-6,8-11,30H,7H2,(H,26,27,31);1-8,10-12H,9H2,(H,26,27,30);1-12,14H,13H2,(H,24,25,28). The molecule has 20 rings (SSSR count). The van der Waals surface area contributed by atoms with Crippen LogP contribution in [-0.2, 0) is 56.1 Å². The fourth-order valence-corrected chi connectivity index (χ4v) is 17.3. The Hall–Kier alpha value is -18.3. The first-order valence-electron chi connectivity index (χ1n) is 44.9. The molecular formula is C112H74Cl6F3N17O11. The second-order valence-electron chi connectivity index (χ2n) is 32.9. The zero-order valence-corrected chi connectivity index (χ0v) is 81.9. The smallest absolute Gasteiger partial charge is 0.296 e. The average molecular weight is 2100 g/mol. The van der Waals surface area contributed by atoms with E-state index in [0.717, 1.165) is 50.6 Å². The summed E-state index contributed by atoms with van der Waals surface area (Å²) in [5.74, 6) is -8.22. The van der Waals surface area contributed by atoms with Crippen molar-refractivity contribution in [2.24, 2.45) is 0 Å². The minimum atomic E-state index is -0.866. The molecule has 0 saturated carbocycles. The van der Waals surface area contributed by atoms with Crippen LogP contribution in [0.25, 0.3) is 33.3 Å². The normalized spacial score (nSPS) is 11.0. The maximum absolute atomic E-state index is 13.2. The molecule has 28 nitrogen and oxygen atoms in total. The Labute approximate surface area is 874 Å². The van der Waals surface area contributed by atoms with E-state index in [1.165, 1.54) is 98.1 Å². The topological polar surface area (TPSA) is 385 Å². The van der Waals surface area contributed by atoms with Gasteiger partial charge in [0.25, 0.3) is 52.7 Å². The number of pyridine rings is 10. The Kier molecular flexibility index (Phi) is 33.0. The lowest BCUT2D eigenvalue weighted by Gasteiger charge is -2.07. The van der Waals surface area contributed by atoms with Gasteiger partial charge in [-0.25, -0.2) is 13.2 Å². The number of hydrogen-bond donors (Lipinski definition) is 6. The summed E-state index contributed by atoms with van der Waals surface area (Å²) in [6, 6.07) is 76.4. The summed E-state index contributed by atoms with van der Waals surface area (Å²) in [5, 5.41) is 42.1. The number of benzene rings is 5. The van der Waals surface area contributed by atoms with Crippen molar-refractivity contribution in [3.8, 4) is 12.1 Å². The van der Waals surface area contributed by atoms with Crippen molar-refractivity contribution in [1.82, 2.24) is 46.9 Å². The fourth-order valence-electron chi connectivity index (χ4n) is 15.9. The van der Waals surface area contributed by atoms with Gasteiger partial charge in [-0.2, -0.15) is 10.5 Å². The van der Waals surface area contributed by atoms with Gasteiger partial charge in [-0.1, -0.05) is 155 Å². The summed E-state index contributed by atoms with van der Waals surface area (Å²) >= 11 is 36.2. The number of ketones is 4. The average Bonchev–Trinajstić information content (AvgIpc) is 1.60. The number of Topliss-reactive ketones (excluding diaryl/α,β-unsaturated/α-hetero) is 4. The molecule has 0 fully saturated rings. The van der Waals surface area contributed by atoms with E-state index in [1.54, 1.807) is 175 Å². The number of halogens is 9. The van der Waals surface area contributed by atoms with Crippen molar-refractivity contribution < 1.29 is 61.4 Å². The number of amides is 5. The molecule has 5 aromatic carbocycles. The van der Waals surface area contributed by atoms with Crippen LogP contribution in [0.15, 0.2) is 359 Å². The van der Waals surface area contributed by atoms with Crippen molar-refractivity contribution in [1.29, 1.82) is 10.5 Å². The second-order valence-corrected chi connectivity index (χ2v) is 35.4. The predicted octanol–water partition coefficient (Wildman–Crippen LogP) is 21.4. The lowest BCUT2D eigenvalue weighted by molar-refractivity contribution is -0.113. The molecule has 20 aromatic rings. The molecule has 0 unspecified atom stereocenters. The molecule has 0 aliphatic carbocycles. The highest BCUT2D eigenvalue weighted by molar-refractivity contribution is 6.52. The third-order valence-electron chi connectivity index (χ3n) is 23.1. The number of nitriles is 2. The van der Waals surface area contributed by atoms with Gasteiger partial charge in [0.1, 0.15) is 17.5 Å². The quantitative estimate of drug-likeness (QED) is 0.0242. The van der Waals surface area contributed by atoms with Crippen molar-refractivity contribution in [3.05, 3.63) is 507 Å². The number of carbonyl (C=O) groups is 9. The summed E-state index contributed by atoms with van der Waals surface area (Å²) in [6.07, 6.45) is 25.4. The van der Waals surface area contributed by atoms with Gasteiger partial charge in [-0.15, -0.1) is 0 Å². The maximum atomic E-state index is 13.2. The van der Waals surface area contributed by atoms with E-state index >= 15 is 0 Å². The molecule has 0 aliphatic rings. The molecule has 736 valence electrons. The van der Waals surface area contributed by atoms with Gasteiger partial charge in [0, 0.05) is 182 Å². The van der Waals surface area contributed by atoms with E-state index in [9.17, 15) is 66.2 Å². The number of hydrogen-bond acceptors (Lipinski definition) is 18. The third kappa shape index (κ3) is 25.0. The first-order chi connectivity index (χ1) is 72.0. The van der Waals surface area contributed by atoms with Crippen LogP contribution in [0.5, 0.6) is 0 Å². The van der Waals surface area contributed by atoms with Crippen molar-refractivity contribution in [3.63, 3.8) is 0 Å². The predicted molar refractivity (Wildman–Crippen MR) is 562 cm³/mol. The summed E-state index contributed by atoms with van der Waals surface area (Å²) in [4.78, 5) is 146. The van der Waals surface area contributed by atoms with Crippen LogP contribution >= 0.6 is 69.6 Å². The monoisotopic (exact) mass is 2100 g/mol. The Morgan fingerprint density at radius 1 is 0.295 bits per heavy atom. The molecule has 6 N–H and O–H groups in total. The van der Waals surface area contributed by atoms with Gasteiger partial charge in [-0.3, -0.25) is 72.9 Å². The number of aromatic nitrogens is 10. The van der Waals surface area contributed by atoms with Crippen LogP contribution in [0, 0.1) is 40.1 Å². The number of fused-ring (bicyclic) bond motifs is 5. The largest absolute Gasteiger partial charge is 0.503 e. The molecule has 15 heterocycles. The molecule has 149 heavy (non-hydrogen) atoms. The highest BCUT2D eigenvalue weighted by atomic mass is 35.5. The maximum Gasteiger partial charge on any atom is 0.296 e. The summed E-state index contributed by atoms with van der Waals surface area (Å²) in [5.41, 5.74) is 14.9. The van der Waals surface area contributed by atoms with Crippen molar-refractivity contribution >= 4 is 184 Å².